The molecule has 0 radical (unpaired) electrons. The first-order valence-electron chi connectivity index (χ1n) is 5.23. The van der Waals surface area contributed by atoms with Crippen molar-refractivity contribution < 1.29 is 9.90 Å². The van der Waals surface area contributed by atoms with Gasteiger partial charge >= 0.3 is 0 Å². The standard InChI is InChI=1S/C12H19NO2/c1-9(2)7-13-10(8-14)5-12(3,4)6-11(13)15/h5-6,8-9,15H,7H2,1-4H3. The summed E-state index contributed by atoms with van der Waals surface area (Å²) in [6.07, 6.45) is 4.44. The fourth-order valence-corrected chi connectivity index (χ4v) is 1.71. The summed E-state index contributed by atoms with van der Waals surface area (Å²) in [6.45, 7) is 8.67. The van der Waals surface area contributed by atoms with Gasteiger partial charge in [0.25, 0.3) is 0 Å². The fraction of sp³-hybridized carbons (Fsp3) is 0.583. The van der Waals surface area contributed by atoms with E-state index in [9.17, 15) is 9.90 Å². The minimum absolute atomic E-state index is 0.179. The van der Waals surface area contributed by atoms with Crippen molar-refractivity contribution in [1.82, 2.24) is 4.90 Å². The summed E-state index contributed by atoms with van der Waals surface area (Å²) in [5.74, 6) is 0.573. The summed E-state index contributed by atoms with van der Waals surface area (Å²) in [4.78, 5) is 12.6. The quantitative estimate of drug-likeness (QED) is 0.726. The van der Waals surface area contributed by atoms with Crippen LogP contribution in [0, 0.1) is 11.3 Å². The Hall–Kier alpha value is -1.25. The van der Waals surface area contributed by atoms with Gasteiger partial charge in [-0.1, -0.05) is 27.7 Å². The van der Waals surface area contributed by atoms with E-state index in [1.807, 2.05) is 19.9 Å². The zero-order valence-electron chi connectivity index (χ0n) is 9.82. The summed E-state index contributed by atoms with van der Waals surface area (Å²) < 4.78 is 0. The average molecular weight is 209 g/mol. The second-order valence-electron chi connectivity index (χ2n) is 5.02. The lowest BCUT2D eigenvalue weighted by atomic mass is 9.89. The second kappa shape index (κ2) is 4.09. The first kappa shape index (κ1) is 11.8. The van der Waals surface area contributed by atoms with Crippen LogP contribution in [0.15, 0.2) is 23.7 Å². The Balaban J connectivity index is 2.97. The summed E-state index contributed by atoms with van der Waals surface area (Å²) in [6, 6.07) is 0. The Kier molecular flexibility index (Phi) is 3.22. The van der Waals surface area contributed by atoms with Crippen LogP contribution >= 0.6 is 0 Å². The van der Waals surface area contributed by atoms with Gasteiger partial charge in [0.05, 0.1) is 5.70 Å². The number of carbonyl (C=O) groups excluding carboxylic acids is 1. The number of carbonyl (C=O) groups is 1. The van der Waals surface area contributed by atoms with Gasteiger partial charge in [0.1, 0.15) is 0 Å². The van der Waals surface area contributed by atoms with E-state index in [2.05, 4.69) is 13.8 Å². The van der Waals surface area contributed by atoms with Crippen LogP contribution in [-0.4, -0.2) is 22.8 Å². The van der Waals surface area contributed by atoms with E-state index in [1.54, 1.807) is 11.0 Å². The van der Waals surface area contributed by atoms with E-state index in [1.165, 1.54) is 0 Å². The number of aliphatic hydroxyl groups excluding tert-OH is 1. The predicted molar refractivity (Wildman–Crippen MR) is 60.2 cm³/mol. The summed E-state index contributed by atoms with van der Waals surface area (Å²) in [5.41, 5.74) is 0.294. The Labute approximate surface area is 91.1 Å². The molecule has 1 aliphatic heterocycles. The van der Waals surface area contributed by atoms with Crippen molar-refractivity contribution in [3.63, 3.8) is 0 Å². The number of hydrogen-bond acceptors (Lipinski definition) is 3. The molecule has 1 heterocycles. The molecule has 0 bridgehead atoms. The molecule has 0 amide bonds. The highest BCUT2D eigenvalue weighted by Gasteiger charge is 2.26. The monoisotopic (exact) mass is 209 g/mol. The summed E-state index contributed by atoms with van der Waals surface area (Å²) in [7, 11) is 0. The third kappa shape index (κ3) is 2.85. The molecule has 3 nitrogen and oxygen atoms in total. The Bertz CT molecular complexity index is 314. The first-order chi connectivity index (χ1) is 6.85. The number of allylic oxidation sites excluding steroid dienone is 3. The molecule has 0 aromatic heterocycles. The van der Waals surface area contributed by atoms with Crippen molar-refractivity contribution in [3.05, 3.63) is 23.7 Å². The highest BCUT2D eigenvalue weighted by molar-refractivity contribution is 5.73. The van der Waals surface area contributed by atoms with Gasteiger partial charge in [-0.25, -0.2) is 0 Å². The minimum atomic E-state index is -0.256. The molecule has 0 aliphatic carbocycles. The maximum absolute atomic E-state index is 10.9. The van der Waals surface area contributed by atoms with Gasteiger partial charge < -0.3 is 10.0 Å². The maximum Gasteiger partial charge on any atom is 0.188 e. The number of rotatable bonds is 3. The molecule has 0 saturated carbocycles. The van der Waals surface area contributed by atoms with Gasteiger partial charge in [0.2, 0.25) is 0 Å². The van der Waals surface area contributed by atoms with Crippen molar-refractivity contribution in [2.24, 2.45) is 11.3 Å². The Morgan fingerprint density at radius 3 is 2.53 bits per heavy atom. The van der Waals surface area contributed by atoms with Crippen molar-refractivity contribution in [3.8, 4) is 0 Å². The Morgan fingerprint density at radius 1 is 1.47 bits per heavy atom. The number of hydrogen-bond donors (Lipinski definition) is 1. The van der Waals surface area contributed by atoms with Gasteiger partial charge in [-0.3, -0.25) is 4.79 Å². The second-order valence-corrected chi connectivity index (χ2v) is 5.02. The number of aldehydes is 1. The van der Waals surface area contributed by atoms with Gasteiger partial charge in [0, 0.05) is 12.0 Å². The van der Waals surface area contributed by atoms with E-state index in [4.69, 9.17) is 0 Å². The number of nitrogens with zero attached hydrogens (tertiary/aromatic N) is 1. The molecular weight excluding hydrogens is 190 g/mol. The van der Waals surface area contributed by atoms with E-state index in [0.29, 0.717) is 18.2 Å². The fourth-order valence-electron chi connectivity index (χ4n) is 1.71. The molecule has 84 valence electrons. The molecule has 0 unspecified atom stereocenters. The van der Waals surface area contributed by atoms with Gasteiger partial charge in [-0.15, -0.1) is 0 Å². The molecule has 15 heavy (non-hydrogen) atoms. The zero-order chi connectivity index (χ0) is 11.6. The molecule has 1 rings (SSSR count). The average Bonchev–Trinajstić information content (AvgIpc) is 2.08. The highest BCUT2D eigenvalue weighted by atomic mass is 16.3. The normalized spacial score (nSPS) is 19.9. The lowest BCUT2D eigenvalue weighted by Crippen LogP contribution is -2.32. The summed E-state index contributed by atoms with van der Waals surface area (Å²) >= 11 is 0. The molecule has 0 atom stereocenters. The predicted octanol–water partition coefficient (Wildman–Crippen LogP) is 2.47. The lowest BCUT2D eigenvalue weighted by molar-refractivity contribution is -0.106. The van der Waals surface area contributed by atoms with Crippen LogP contribution in [0.3, 0.4) is 0 Å². The molecule has 3 heteroatoms. The van der Waals surface area contributed by atoms with Crippen LogP contribution in [0.25, 0.3) is 0 Å². The number of aliphatic hydroxyl groups is 1. The van der Waals surface area contributed by atoms with Gasteiger partial charge in [0.15, 0.2) is 12.2 Å². The molecule has 0 aromatic carbocycles. The molecule has 1 aliphatic rings. The van der Waals surface area contributed by atoms with Crippen LogP contribution < -0.4 is 0 Å². The van der Waals surface area contributed by atoms with Gasteiger partial charge in [-0.05, 0) is 18.1 Å². The largest absolute Gasteiger partial charge is 0.495 e. The lowest BCUT2D eigenvalue weighted by Gasteiger charge is -2.32. The Morgan fingerprint density at radius 2 is 2.07 bits per heavy atom. The molecule has 0 saturated heterocycles. The topological polar surface area (TPSA) is 40.5 Å². The van der Waals surface area contributed by atoms with E-state index < -0.39 is 0 Å². The van der Waals surface area contributed by atoms with Crippen LogP contribution in [-0.2, 0) is 4.79 Å². The smallest absolute Gasteiger partial charge is 0.188 e. The van der Waals surface area contributed by atoms with Crippen molar-refractivity contribution >= 4 is 6.29 Å². The first-order valence-corrected chi connectivity index (χ1v) is 5.23. The highest BCUT2D eigenvalue weighted by Crippen LogP contribution is 2.30. The molecule has 0 fully saturated rings. The van der Waals surface area contributed by atoms with Crippen LogP contribution in [0.2, 0.25) is 0 Å². The molecular formula is C12H19NO2. The molecule has 1 N–H and O–H groups in total. The third-order valence-corrected chi connectivity index (χ3v) is 2.28. The minimum Gasteiger partial charge on any atom is -0.495 e. The van der Waals surface area contributed by atoms with E-state index in [-0.39, 0.29) is 11.3 Å². The van der Waals surface area contributed by atoms with Gasteiger partial charge in [-0.2, -0.15) is 0 Å². The zero-order valence-corrected chi connectivity index (χ0v) is 9.82. The van der Waals surface area contributed by atoms with Crippen molar-refractivity contribution in [2.75, 3.05) is 6.54 Å². The summed E-state index contributed by atoms with van der Waals surface area (Å²) in [5, 5.41) is 9.84. The molecule has 0 spiro atoms. The van der Waals surface area contributed by atoms with E-state index >= 15 is 0 Å². The molecule has 0 aromatic rings. The van der Waals surface area contributed by atoms with Crippen LogP contribution in [0.5, 0.6) is 0 Å². The van der Waals surface area contributed by atoms with Crippen LogP contribution in [0.1, 0.15) is 27.7 Å². The van der Waals surface area contributed by atoms with Crippen LogP contribution in [0.4, 0.5) is 0 Å². The maximum atomic E-state index is 10.9. The van der Waals surface area contributed by atoms with Crippen molar-refractivity contribution in [1.29, 1.82) is 0 Å². The SMILES string of the molecule is CC(C)CN1C(O)=CC(C)(C)C=C1C=O. The van der Waals surface area contributed by atoms with Crippen molar-refractivity contribution in [2.45, 2.75) is 27.7 Å². The third-order valence-electron chi connectivity index (χ3n) is 2.28. The van der Waals surface area contributed by atoms with E-state index in [0.717, 1.165) is 6.29 Å².